The summed E-state index contributed by atoms with van der Waals surface area (Å²) in [5.41, 5.74) is 5.95. The third kappa shape index (κ3) is 4.33. The number of nitrogen functional groups attached to an aromatic ring is 1. The third-order valence-electron chi connectivity index (χ3n) is 4.42. The molecule has 24 heavy (non-hydrogen) atoms. The predicted octanol–water partition coefficient (Wildman–Crippen LogP) is 3.91. The number of benzene rings is 1. The second-order valence-electron chi connectivity index (χ2n) is 6.14. The quantitative estimate of drug-likeness (QED) is 0.642. The molecule has 1 aromatic rings. The summed E-state index contributed by atoms with van der Waals surface area (Å²) in [6, 6.07) is 3.03. The maximum absolute atomic E-state index is 12.5. The lowest BCUT2D eigenvalue weighted by atomic mass is 9.94. The van der Waals surface area contributed by atoms with Gasteiger partial charge in [0, 0.05) is 18.1 Å². The third-order valence-corrected chi connectivity index (χ3v) is 4.95. The molecule has 2 N–H and O–H groups in total. The van der Waals surface area contributed by atoms with Crippen LogP contribution in [0.5, 0.6) is 0 Å². The highest BCUT2D eigenvalue weighted by atomic mass is 35.5. The van der Waals surface area contributed by atoms with Crippen LogP contribution in [0, 0.1) is 0 Å². The van der Waals surface area contributed by atoms with Crippen molar-refractivity contribution in [2.75, 3.05) is 12.8 Å². The molecule has 0 aromatic heterocycles. The van der Waals surface area contributed by atoms with Crippen LogP contribution in [-0.2, 0) is 9.53 Å². The molecule has 7 heteroatoms. The Bertz CT molecular complexity index is 631. The average Bonchev–Trinajstić information content (AvgIpc) is 2.57. The van der Waals surface area contributed by atoms with E-state index in [1.54, 1.807) is 18.9 Å². The molecule has 132 valence electrons. The molecule has 1 atom stereocenters. The van der Waals surface area contributed by atoms with Crippen molar-refractivity contribution in [1.29, 1.82) is 0 Å². The van der Waals surface area contributed by atoms with Gasteiger partial charge in [-0.1, -0.05) is 42.5 Å². The van der Waals surface area contributed by atoms with E-state index in [1.165, 1.54) is 18.6 Å². The van der Waals surface area contributed by atoms with Gasteiger partial charge in [-0.2, -0.15) is 0 Å². The van der Waals surface area contributed by atoms with Gasteiger partial charge in [0.05, 0.1) is 16.3 Å². The highest BCUT2D eigenvalue weighted by molar-refractivity contribution is 6.37. The second kappa shape index (κ2) is 8.08. The molecule has 0 bridgehead atoms. The number of nitrogens with two attached hydrogens (primary N) is 1. The number of esters is 1. The fourth-order valence-electron chi connectivity index (χ4n) is 2.96. The van der Waals surface area contributed by atoms with Crippen LogP contribution in [0.2, 0.25) is 10.0 Å². The van der Waals surface area contributed by atoms with Gasteiger partial charge in [-0.15, -0.1) is 0 Å². The largest absolute Gasteiger partial charge is 0.449 e. The van der Waals surface area contributed by atoms with E-state index in [0.29, 0.717) is 0 Å². The first-order valence-electron chi connectivity index (χ1n) is 8.03. The number of likely N-dealkylation sites (N-methyl/N-ethyl adjacent to an activating group) is 1. The molecule has 0 saturated heterocycles. The Hall–Kier alpha value is -1.46. The molecule has 1 aromatic carbocycles. The van der Waals surface area contributed by atoms with Gasteiger partial charge in [-0.05, 0) is 31.9 Å². The van der Waals surface area contributed by atoms with Crippen molar-refractivity contribution in [3.63, 3.8) is 0 Å². The van der Waals surface area contributed by atoms with Crippen LogP contribution in [-0.4, -0.2) is 36.0 Å². The van der Waals surface area contributed by atoms with Gasteiger partial charge in [0.1, 0.15) is 0 Å². The fourth-order valence-corrected chi connectivity index (χ4v) is 3.46. The predicted molar refractivity (Wildman–Crippen MR) is 95.4 cm³/mol. The van der Waals surface area contributed by atoms with Gasteiger partial charge in [0.2, 0.25) is 0 Å². The van der Waals surface area contributed by atoms with Gasteiger partial charge in [-0.3, -0.25) is 4.79 Å². The molecule has 1 aliphatic rings. The Morgan fingerprint density at radius 3 is 2.50 bits per heavy atom. The van der Waals surface area contributed by atoms with Gasteiger partial charge < -0.3 is 15.4 Å². The van der Waals surface area contributed by atoms with Crippen molar-refractivity contribution < 1.29 is 14.3 Å². The number of ether oxygens (including phenoxy) is 1. The molecule has 1 fully saturated rings. The molecule has 5 nitrogen and oxygen atoms in total. The minimum atomic E-state index is -0.901. The highest BCUT2D eigenvalue weighted by Crippen LogP contribution is 2.28. The number of anilines is 1. The summed E-state index contributed by atoms with van der Waals surface area (Å²) >= 11 is 11.8. The van der Waals surface area contributed by atoms with Gasteiger partial charge >= 0.3 is 5.97 Å². The van der Waals surface area contributed by atoms with Crippen molar-refractivity contribution in [3.8, 4) is 0 Å². The monoisotopic (exact) mass is 372 g/mol. The Morgan fingerprint density at radius 1 is 1.25 bits per heavy atom. The lowest BCUT2D eigenvalue weighted by Crippen LogP contribution is -2.44. The van der Waals surface area contributed by atoms with Crippen molar-refractivity contribution in [3.05, 3.63) is 27.7 Å². The lowest BCUT2D eigenvalue weighted by molar-refractivity contribution is -0.141. The second-order valence-corrected chi connectivity index (χ2v) is 6.98. The number of rotatable bonds is 4. The van der Waals surface area contributed by atoms with E-state index in [1.807, 2.05) is 0 Å². The van der Waals surface area contributed by atoms with Gasteiger partial charge in [-0.25, -0.2) is 4.79 Å². The topological polar surface area (TPSA) is 72.6 Å². The number of nitrogens with zero attached hydrogens (tertiary/aromatic N) is 1. The first kappa shape index (κ1) is 18.9. The normalized spacial score (nSPS) is 16.5. The number of hydrogen-bond donors (Lipinski definition) is 1. The van der Waals surface area contributed by atoms with Crippen molar-refractivity contribution in [2.45, 2.75) is 51.2 Å². The van der Waals surface area contributed by atoms with E-state index < -0.39 is 12.1 Å². The van der Waals surface area contributed by atoms with Crippen molar-refractivity contribution >= 4 is 40.8 Å². The van der Waals surface area contributed by atoms with Crippen LogP contribution in [0.1, 0.15) is 49.4 Å². The van der Waals surface area contributed by atoms with E-state index in [9.17, 15) is 9.59 Å². The molecule has 1 aliphatic carbocycles. The molecule has 0 aliphatic heterocycles. The molecular weight excluding hydrogens is 351 g/mol. The Labute approximate surface area is 152 Å². The van der Waals surface area contributed by atoms with Crippen molar-refractivity contribution in [1.82, 2.24) is 4.90 Å². The first-order chi connectivity index (χ1) is 11.3. The zero-order chi connectivity index (χ0) is 17.9. The molecule has 0 radical (unpaired) electrons. The maximum atomic E-state index is 12.5. The molecule has 1 saturated carbocycles. The SMILES string of the molecule is C[C@@H](OC(=O)c1cc(Cl)cc(Cl)c1N)C(=O)N(C)C1CCCCC1. The summed E-state index contributed by atoms with van der Waals surface area (Å²) in [7, 11) is 1.76. The van der Waals surface area contributed by atoms with Crippen LogP contribution in [0.4, 0.5) is 5.69 Å². The van der Waals surface area contributed by atoms with Crippen molar-refractivity contribution in [2.24, 2.45) is 0 Å². The van der Waals surface area contributed by atoms with E-state index in [2.05, 4.69) is 0 Å². The lowest BCUT2D eigenvalue weighted by Gasteiger charge is -2.32. The van der Waals surface area contributed by atoms with Crippen LogP contribution in [0.15, 0.2) is 12.1 Å². The van der Waals surface area contributed by atoms with Crippen LogP contribution in [0.25, 0.3) is 0 Å². The molecule has 0 unspecified atom stereocenters. The van der Waals surface area contributed by atoms with Crippen LogP contribution >= 0.6 is 23.2 Å². The number of carbonyl (C=O) groups excluding carboxylic acids is 2. The summed E-state index contributed by atoms with van der Waals surface area (Å²) in [6.45, 7) is 1.56. The Morgan fingerprint density at radius 2 is 1.88 bits per heavy atom. The molecule has 0 heterocycles. The number of halogens is 2. The van der Waals surface area contributed by atoms with E-state index in [-0.39, 0.29) is 33.2 Å². The summed E-state index contributed by atoms with van der Waals surface area (Å²) in [5.74, 6) is -0.934. The highest BCUT2D eigenvalue weighted by Gasteiger charge is 2.28. The summed E-state index contributed by atoms with van der Waals surface area (Å²) in [4.78, 5) is 26.5. The molecular formula is C17H22Cl2N2O3. The molecule has 1 amide bonds. The van der Waals surface area contributed by atoms with E-state index in [0.717, 1.165) is 25.7 Å². The molecule has 0 spiro atoms. The van der Waals surface area contributed by atoms with Gasteiger partial charge in [0.25, 0.3) is 5.91 Å². The van der Waals surface area contributed by atoms with Crippen LogP contribution in [0.3, 0.4) is 0 Å². The smallest absolute Gasteiger partial charge is 0.341 e. The van der Waals surface area contributed by atoms with E-state index in [4.69, 9.17) is 33.7 Å². The van der Waals surface area contributed by atoms with E-state index >= 15 is 0 Å². The summed E-state index contributed by atoms with van der Waals surface area (Å²) in [6.07, 6.45) is 4.51. The summed E-state index contributed by atoms with van der Waals surface area (Å²) < 4.78 is 5.27. The zero-order valence-corrected chi connectivity index (χ0v) is 15.4. The zero-order valence-electron chi connectivity index (χ0n) is 13.9. The number of carbonyl (C=O) groups is 2. The number of amides is 1. The van der Waals surface area contributed by atoms with Crippen LogP contribution < -0.4 is 5.73 Å². The average molecular weight is 373 g/mol. The first-order valence-corrected chi connectivity index (χ1v) is 8.79. The standard InChI is InChI=1S/C17H22Cl2N2O3/c1-10(16(22)21(2)12-6-4-3-5-7-12)24-17(23)13-8-11(18)9-14(19)15(13)20/h8-10,12H,3-7,20H2,1-2H3/t10-/m1/s1. The van der Waals surface area contributed by atoms with Gasteiger partial charge in [0.15, 0.2) is 6.10 Å². The Balaban J connectivity index is 2.04. The maximum Gasteiger partial charge on any atom is 0.341 e. The fraction of sp³-hybridized carbons (Fsp3) is 0.529. The minimum Gasteiger partial charge on any atom is -0.449 e. The Kier molecular flexibility index (Phi) is 6.35. The number of hydrogen-bond acceptors (Lipinski definition) is 4. The minimum absolute atomic E-state index is 0.0625. The molecule has 2 rings (SSSR count). The summed E-state index contributed by atoms with van der Waals surface area (Å²) in [5, 5.41) is 0.451.